The molecule has 1 aromatic heterocycles. The van der Waals surface area contributed by atoms with E-state index in [4.69, 9.17) is 19.7 Å². The first-order valence-electron chi connectivity index (χ1n) is 11.1. The van der Waals surface area contributed by atoms with Gasteiger partial charge < -0.3 is 25.0 Å². The Morgan fingerprint density at radius 2 is 1.50 bits per heavy atom. The molecular formula is C22H32N6O2. The minimum atomic E-state index is 0.157. The number of phenolic OH excluding ortho intramolecular Hbond substituents is 1. The number of hydrogen-bond donors (Lipinski definition) is 2. The zero-order valence-corrected chi connectivity index (χ0v) is 17.8. The molecule has 3 heterocycles. The molecule has 1 aromatic carbocycles. The maximum Gasteiger partial charge on any atom is 0.231 e. The number of nitrogens with zero attached hydrogens (tertiary/aromatic N) is 5. The molecule has 162 valence electrons. The summed E-state index contributed by atoms with van der Waals surface area (Å²) in [6.07, 6.45) is 8.10. The van der Waals surface area contributed by atoms with Crippen molar-refractivity contribution in [3.63, 3.8) is 0 Å². The smallest absolute Gasteiger partial charge is 0.231 e. The average molecular weight is 413 g/mol. The number of piperidine rings is 2. The van der Waals surface area contributed by atoms with Gasteiger partial charge in [0.25, 0.3) is 0 Å². The van der Waals surface area contributed by atoms with E-state index in [0.29, 0.717) is 18.2 Å². The Labute approximate surface area is 178 Å². The normalized spacial score (nSPS) is 17.1. The predicted octanol–water partition coefficient (Wildman–Crippen LogP) is 3.22. The van der Waals surface area contributed by atoms with Crippen molar-refractivity contribution in [2.75, 3.05) is 55.0 Å². The fourth-order valence-corrected chi connectivity index (χ4v) is 4.10. The highest BCUT2D eigenvalue weighted by atomic mass is 16.5. The highest BCUT2D eigenvalue weighted by molar-refractivity contribution is 5.46. The third-order valence-electron chi connectivity index (χ3n) is 5.83. The molecule has 0 radical (unpaired) electrons. The van der Waals surface area contributed by atoms with Crippen molar-refractivity contribution in [3.05, 3.63) is 23.8 Å². The minimum absolute atomic E-state index is 0.157. The maximum absolute atomic E-state index is 9.77. The van der Waals surface area contributed by atoms with Gasteiger partial charge in [-0.25, -0.2) is 0 Å². The predicted molar refractivity (Wildman–Crippen MR) is 119 cm³/mol. The number of aromatic hydroxyl groups is 1. The lowest BCUT2D eigenvalue weighted by Gasteiger charge is -2.30. The van der Waals surface area contributed by atoms with Gasteiger partial charge in [-0.15, -0.1) is 0 Å². The van der Waals surface area contributed by atoms with E-state index in [1.54, 1.807) is 13.2 Å². The number of aromatic nitrogens is 3. The number of phenols is 1. The molecule has 30 heavy (non-hydrogen) atoms. The van der Waals surface area contributed by atoms with E-state index in [-0.39, 0.29) is 5.75 Å². The molecule has 8 heteroatoms. The molecule has 2 aliphatic rings. The van der Waals surface area contributed by atoms with Crippen LogP contribution in [0.5, 0.6) is 11.5 Å². The van der Waals surface area contributed by atoms with Crippen LogP contribution in [0.25, 0.3) is 0 Å². The summed E-state index contributed by atoms with van der Waals surface area (Å²) in [7, 11) is 1.56. The van der Waals surface area contributed by atoms with Crippen molar-refractivity contribution >= 4 is 17.8 Å². The summed E-state index contributed by atoms with van der Waals surface area (Å²) in [4.78, 5) is 18.9. The van der Waals surface area contributed by atoms with E-state index in [0.717, 1.165) is 50.1 Å². The second-order valence-corrected chi connectivity index (χ2v) is 8.04. The topological polar surface area (TPSA) is 86.6 Å². The van der Waals surface area contributed by atoms with Crippen LogP contribution in [0.4, 0.5) is 17.8 Å². The van der Waals surface area contributed by atoms with Crippen LogP contribution < -0.4 is 19.9 Å². The Morgan fingerprint density at radius 3 is 2.07 bits per heavy atom. The van der Waals surface area contributed by atoms with Crippen LogP contribution in [0.15, 0.2) is 18.2 Å². The van der Waals surface area contributed by atoms with Crippen molar-refractivity contribution < 1.29 is 9.84 Å². The van der Waals surface area contributed by atoms with Gasteiger partial charge in [0.2, 0.25) is 17.8 Å². The zero-order chi connectivity index (χ0) is 20.8. The van der Waals surface area contributed by atoms with Crippen LogP contribution in [0.1, 0.15) is 44.1 Å². The highest BCUT2D eigenvalue weighted by Gasteiger charge is 2.20. The maximum atomic E-state index is 9.77. The molecule has 4 rings (SSSR count). The van der Waals surface area contributed by atoms with E-state index in [1.807, 2.05) is 12.1 Å². The van der Waals surface area contributed by atoms with Crippen LogP contribution in [0.2, 0.25) is 0 Å². The average Bonchev–Trinajstić information content (AvgIpc) is 2.81. The lowest BCUT2D eigenvalue weighted by Crippen LogP contribution is -2.34. The minimum Gasteiger partial charge on any atom is -0.504 e. The first kappa shape index (κ1) is 20.5. The largest absolute Gasteiger partial charge is 0.504 e. The Bertz CT molecular complexity index is 798. The summed E-state index contributed by atoms with van der Waals surface area (Å²) >= 11 is 0. The Kier molecular flexibility index (Phi) is 6.71. The summed E-state index contributed by atoms with van der Waals surface area (Å²) in [5, 5.41) is 13.2. The van der Waals surface area contributed by atoms with Gasteiger partial charge in [0.05, 0.1) is 7.11 Å². The van der Waals surface area contributed by atoms with Crippen LogP contribution in [0, 0.1) is 0 Å². The molecule has 2 aromatic rings. The Balaban J connectivity index is 1.48. The third kappa shape index (κ3) is 5.04. The van der Waals surface area contributed by atoms with Gasteiger partial charge in [-0.3, -0.25) is 0 Å². The number of anilines is 3. The number of benzene rings is 1. The van der Waals surface area contributed by atoms with E-state index in [2.05, 4.69) is 15.1 Å². The molecule has 0 aliphatic carbocycles. The Hall–Kier alpha value is -2.77. The van der Waals surface area contributed by atoms with Gasteiger partial charge in [-0.05, 0) is 62.6 Å². The van der Waals surface area contributed by atoms with Crippen molar-refractivity contribution in [2.45, 2.75) is 44.9 Å². The number of ether oxygens (including phenoxy) is 1. The SMILES string of the molecule is COc1cc(CCNc2nc(N3CCCCC3)nc(N3CCCCC3)n2)ccc1O. The number of hydrogen-bond acceptors (Lipinski definition) is 8. The van der Waals surface area contributed by atoms with Crippen LogP contribution in [-0.4, -0.2) is 59.9 Å². The molecule has 2 fully saturated rings. The fraction of sp³-hybridized carbons (Fsp3) is 0.591. The van der Waals surface area contributed by atoms with Crippen LogP contribution in [-0.2, 0) is 6.42 Å². The molecule has 8 nitrogen and oxygen atoms in total. The van der Waals surface area contributed by atoms with Gasteiger partial charge >= 0.3 is 0 Å². The summed E-state index contributed by atoms with van der Waals surface area (Å²) in [6, 6.07) is 5.44. The quantitative estimate of drug-likeness (QED) is 0.717. The molecule has 0 spiro atoms. The first-order chi connectivity index (χ1) is 14.7. The lowest BCUT2D eigenvalue weighted by molar-refractivity contribution is 0.373. The summed E-state index contributed by atoms with van der Waals surface area (Å²) in [5.74, 6) is 2.87. The Morgan fingerprint density at radius 1 is 0.900 bits per heavy atom. The monoisotopic (exact) mass is 412 g/mol. The zero-order valence-electron chi connectivity index (χ0n) is 17.8. The molecular weight excluding hydrogens is 380 g/mol. The van der Waals surface area contributed by atoms with E-state index >= 15 is 0 Å². The fourth-order valence-electron chi connectivity index (χ4n) is 4.10. The number of rotatable bonds is 7. The number of methoxy groups -OCH3 is 1. The summed E-state index contributed by atoms with van der Waals surface area (Å²) in [6.45, 7) is 4.73. The van der Waals surface area contributed by atoms with Crippen molar-refractivity contribution in [1.82, 2.24) is 15.0 Å². The van der Waals surface area contributed by atoms with E-state index in [1.165, 1.54) is 38.5 Å². The van der Waals surface area contributed by atoms with E-state index < -0.39 is 0 Å². The molecule has 0 saturated carbocycles. The molecule has 2 aliphatic heterocycles. The van der Waals surface area contributed by atoms with Crippen molar-refractivity contribution in [3.8, 4) is 11.5 Å². The standard InChI is InChI=1S/C22H32N6O2/c1-30-19-16-17(8-9-18(19)29)10-11-23-20-24-21(27-12-4-2-5-13-27)26-22(25-20)28-14-6-3-7-15-28/h8-9,16,29H,2-7,10-15H2,1H3,(H,23,24,25,26). The van der Waals surface area contributed by atoms with Crippen molar-refractivity contribution in [2.24, 2.45) is 0 Å². The van der Waals surface area contributed by atoms with Gasteiger partial charge in [0.1, 0.15) is 0 Å². The molecule has 0 amide bonds. The number of nitrogens with one attached hydrogen (secondary N) is 1. The van der Waals surface area contributed by atoms with Crippen LogP contribution >= 0.6 is 0 Å². The lowest BCUT2D eigenvalue weighted by atomic mass is 10.1. The molecule has 0 bridgehead atoms. The van der Waals surface area contributed by atoms with Crippen LogP contribution in [0.3, 0.4) is 0 Å². The molecule has 0 unspecified atom stereocenters. The second kappa shape index (κ2) is 9.82. The van der Waals surface area contributed by atoms with Gasteiger partial charge in [0, 0.05) is 32.7 Å². The second-order valence-electron chi connectivity index (χ2n) is 8.04. The molecule has 0 atom stereocenters. The summed E-state index contributed by atoms with van der Waals surface area (Å²) < 4.78 is 5.20. The third-order valence-corrected chi connectivity index (χ3v) is 5.83. The molecule has 2 N–H and O–H groups in total. The first-order valence-corrected chi connectivity index (χ1v) is 11.1. The molecule has 2 saturated heterocycles. The summed E-state index contributed by atoms with van der Waals surface area (Å²) in [5.41, 5.74) is 1.08. The van der Waals surface area contributed by atoms with Crippen molar-refractivity contribution in [1.29, 1.82) is 0 Å². The van der Waals surface area contributed by atoms with Gasteiger partial charge in [-0.2, -0.15) is 15.0 Å². The van der Waals surface area contributed by atoms with Gasteiger partial charge in [0.15, 0.2) is 11.5 Å². The highest BCUT2D eigenvalue weighted by Crippen LogP contribution is 2.26. The van der Waals surface area contributed by atoms with Gasteiger partial charge in [-0.1, -0.05) is 6.07 Å². The van der Waals surface area contributed by atoms with E-state index in [9.17, 15) is 5.11 Å².